The summed E-state index contributed by atoms with van der Waals surface area (Å²) in [7, 11) is -1.91. The first-order valence-electron chi connectivity index (χ1n) is 10.8. The lowest BCUT2D eigenvalue weighted by Crippen LogP contribution is -2.13. The van der Waals surface area contributed by atoms with Gasteiger partial charge in [0.05, 0.1) is 29.8 Å². The Labute approximate surface area is 209 Å². The standard InChI is InChI=1S/C24H25ClN4O5S/c1-12-7-17(15(4)33-19-5-6-20(25)28-24(19)35(26)32)23-18(8-12)21(31)14(3)22(34-23)16-9-27-29(11-16)10-13(2)30/h5-9,11,13,15,30H,10,26H2,1-4H3. The molecule has 0 bridgehead atoms. The summed E-state index contributed by atoms with van der Waals surface area (Å²) in [6, 6.07) is 6.70. The molecule has 4 aromatic rings. The summed E-state index contributed by atoms with van der Waals surface area (Å²) >= 11 is 5.92. The van der Waals surface area contributed by atoms with Gasteiger partial charge in [-0.15, -0.1) is 0 Å². The summed E-state index contributed by atoms with van der Waals surface area (Å²) < 4.78 is 25.9. The lowest BCUT2D eigenvalue weighted by atomic mass is 10.0. The van der Waals surface area contributed by atoms with Crippen LogP contribution in [0.25, 0.3) is 22.3 Å². The Kier molecular flexibility index (Phi) is 7.09. The second-order valence-corrected chi connectivity index (χ2v) is 9.78. The van der Waals surface area contributed by atoms with E-state index >= 15 is 0 Å². The molecule has 3 N–H and O–H groups in total. The average Bonchev–Trinajstić information content (AvgIpc) is 3.24. The van der Waals surface area contributed by atoms with Gasteiger partial charge in [0.15, 0.2) is 16.2 Å². The molecule has 3 atom stereocenters. The van der Waals surface area contributed by atoms with Crippen LogP contribution in [0.2, 0.25) is 5.15 Å². The molecule has 9 nitrogen and oxygen atoms in total. The fourth-order valence-corrected chi connectivity index (χ4v) is 4.59. The smallest absolute Gasteiger partial charge is 0.196 e. The minimum absolute atomic E-state index is 0.0184. The monoisotopic (exact) mass is 516 g/mol. The van der Waals surface area contributed by atoms with Gasteiger partial charge in [-0.1, -0.05) is 11.6 Å². The Morgan fingerprint density at radius 3 is 2.71 bits per heavy atom. The fraction of sp³-hybridized carbons (Fsp3) is 0.292. The fourth-order valence-electron chi connectivity index (χ4n) is 3.89. The van der Waals surface area contributed by atoms with Crippen molar-refractivity contribution in [2.24, 2.45) is 5.14 Å². The van der Waals surface area contributed by atoms with Gasteiger partial charge in [0.25, 0.3) is 0 Å². The van der Waals surface area contributed by atoms with Crippen molar-refractivity contribution in [3.05, 3.63) is 68.7 Å². The molecule has 0 aliphatic rings. The van der Waals surface area contributed by atoms with E-state index in [1.807, 2.05) is 13.0 Å². The van der Waals surface area contributed by atoms with E-state index in [9.17, 15) is 14.1 Å². The van der Waals surface area contributed by atoms with Crippen LogP contribution in [-0.2, 0) is 17.5 Å². The van der Waals surface area contributed by atoms with Crippen LogP contribution in [0, 0.1) is 13.8 Å². The minimum Gasteiger partial charge on any atom is -0.483 e. The number of aliphatic hydroxyl groups excluding tert-OH is 1. The molecule has 0 radical (unpaired) electrons. The number of halogens is 1. The number of aliphatic hydroxyl groups is 1. The number of benzene rings is 1. The maximum Gasteiger partial charge on any atom is 0.196 e. The Hall–Kier alpha value is -3.05. The van der Waals surface area contributed by atoms with Gasteiger partial charge in [-0.05, 0) is 57.5 Å². The second-order valence-electron chi connectivity index (χ2n) is 8.41. The number of nitrogens with zero attached hydrogens (tertiary/aromatic N) is 3. The number of nitrogens with two attached hydrogens (primary N) is 1. The number of ether oxygens (including phenoxy) is 1. The highest BCUT2D eigenvalue weighted by molar-refractivity contribution is 7.82. The molecule has 0 aliphatic heterocycles. The SMILES string of the molecule is Cc1cc(C(C)Oc2ccc(Cl)nc2S(N)=O)c2oc(-c3cnn(CC(C)O)c3)c(C)c(=O)c2c1. The number of hydrogen-bond acceptors (Lipinski definition) is 7. The van der Waals surface area contributed by atoms with E-state index in [4.69, 9.17) is 25.9 Å². The highest BCUT2D eigenvalue weighted by atomic mass is 35.5. The first-order valence-corrected chi connectivity index (χ1v) is 12.4. The zero-order chi connectivity index (χ0) is 25.4. The quantitative estimate of drug-likeness (QED) is 0.356. The predicted octanol–water partition coefficient (Wildman–Crippen LogP) is 3.82. The Morgan fingerprint density at radius 2 is 2.03 bits per heavy atom. The molecule has 0 saturated carbocycles. The maximum atomic E-state index is 13.3. The molecule has 1 aromatic carbocycles. The molecule has 0 spiro atoms. The summed E-state index contributed by atoms with van der Waals surface area (Å²) in [6.45, 7) is 7.35. The molecule has 35 heavy (non-hydrogen) atoms. The number of rotatable bonds is 7. The lowest BCUT2D eigenvalue weighted by Gasteiger charge is -2.19. The van der Waals surface area contributed by atoms with Gasteiger partial charge in [-0.25, -0.2) is 14.3 Å². The van der Waals surface area contributed by atoms with Crippen molar-refractivity contribution < 1.29 is 18.5 Å². The third-order valence-corrected chi connectivity index (χ3v) is 6.35. The largest absolute Gasteiger partial charge is 0.483 e. The Bertz CT molecular complexity index is 1500. The van der Waals surface area contributed by atoms with E-state index in [-0.39, 0.29) is 21.4 Å². The molecule has 184 valence electrons. The maximum absolute atomic E-state index is 13.3. The summed E-state index contributed by atoms with van der Waals surface area (Å²) in [5.74, 6) is 0.597. The Balaban J connectivity index is 1.84. The van der Waals surface area contributed by atoms with E-state index in [1.165, 1.54) is 6.07 Å². The topological polar surface area (TPSA) is 133 Å². The molecule has 0 fully saturated rings. The van der Waals surface area contributed by atoms with Gasteiger partial charge < -0.3 is 14.3 Å². The zero-order valence-corrected chi connectivity index (χ0v) is 21.2. The first kappa shape index (κ1) is 25.1. The molecule has 3 aromatic heterocycles. The molecule has 0 saturated heterocycles. The number of hydrogen-bond donors (Lipinski definition) is 2. The molecule has 11 heteroatoms. The van der Waals surface area contributed by atoms with Gasteiger partial charge >= 0.3 is 0 Å². The molecule has 0 amide bonds. The van der Waals surface area contributed by atoms with Crippen LogP contribution >= 0.6 is 11.6 Å². The number of pyridine rings is 1. The van der Waals surface area contributed by atoms with Crippen molar-refractivity contribution in [3.63, 3.8) is 0 Å². The van der Waals surface area contributed by atoms with Crippen LogP contribution in [0.3, 0.4) is 0 Å². The lowest BCUT2D eigenvalue weighted by molar-refractivity contribution is 0.168. The van der Waals surface area contributed by atoms with E-state index in [2.05, 4.69) is 10.1 Å². The molecular weight excluding hydrogens is 492 g/mol. The van der Waals surface area contributed by atoms with Gasteiger partial charge in [0.1, 0.15) is 33.6 Å². The summed E-state index contributed by atoms with van der Waals surface area (Å²) in [4.78, 5) is 17.3. The van der Waals surface area contributed by atoms with Crippen LogP contribution in [0.5, 0.6) is 5.75 Å². The van der Waals surface area contributed by atoms with Crippen LogP contribution in [0.1, 0.15) is 36.6 Å². The van der Waals surface area contributed by atoms with Gasteiger partial charge in [0.2, 0.25) is 0 Å². The molecule has 0 aliphatic carbocycles. The van der Waals surface area contributed by atoms with Crippen molar-refractivity contribution in [3.8, 4) is 17.1 Å². The van der Waals surface area contributed by atoms with Gasteiger partial charge in [0, 0.05) is 17.3 Å². The zero-order valence-electron chi connectivity index (χ0n) is 19.6. The molecule has 3 unspecified atom stereocenters. The molecule has 4 rings (SSSR count). The van der Waals surface area contributed by atoms with Gasteiger partial charge in [-0.2, -0.15) is 5.10 Å². The number of aromatic nitrogens is 3. The van der Waals surface area contributed by atoms with E-state index in [1.54, 1.807) is 50.0 Å². The van der Waals surface area contributed by atoms with Crippen LogP contribution < -0.4 is 15.3 Å². The third kappa shape index (κ3) is 5.15. The van der Waals surface area contributed by atoms with Gasteiger partial charge in [-0.3, -0.25) is 9.48 Å². The van der Waals surface area contributed by atoms with Crippen molar-refractivity contribution in [1.82, 2.24) is 14.8 Å². The third-order valence-electron chi connectivity index (χ3n) is 5.46. The highest BCUT2D eigenvalue weighted by Gasteiger charge is 2.22. The molecular formula is C24H25ClN4O5S. The van der Waals surface area contributed by atoms with Crippen LogP contribution in [0.4, 0.5) is 0 Å². The summed E-state index contributed by atoms with van der Waals surface area (Å²) in [6.07, 6.45) is 2.13. The van der Waals surface area contributed by atoms with E-state index in [0.29, 0.717) is 40.0 Å². The van der Waals surface area contributed by atoms with Crippen molar-refractivity contribution in [1.29, 1.82) is 0 Å². The van der Waals surface area contributed by atoms with Crippen molar-refractivity contribution >= 4 is 33.6 Å². The number of aryl methyl sites for hydroxylation is 1. The second kappa shape index (κ2) is 9.90. The summed E-state index contributed by atoms with van der Waals surface area (Å²) in [5, 5.41) is 20.0. The number of fused-ring (bicyclic) bond motifs is 1. The first-order chi connectivity index (χ1) is 16.5. The normalized spacial score (nSPS) is 14.1. The van der Waals surface area contributed by atoms with Crippen LogP contribution in [0.15, 0.2) is 50.9 Å². The molecule has 3 heterocycles. The Morgan fingerprint density at radius 1 is 1.29 bits per heavy atom. The van der Waals surface area contributed by atoms with Crippen molar-refractivity contribution in [2.75, 3.05) is 0 Å². The van der Waals surface area contributed by atoms with Crippen LogP contribution in [-0.4, -0.2) is 30.2 Å². The highest BCUT2D eigenvalue weighted by Crippen LogP contribution is 2.33. The summed E-state index contributed by atoms with van der Waals surface area (Å²) in [5.41, 5.74) is 2.74. The van der Waals surface area contributed by atoms with E-state index in [0.717, 1.165) is 5.56 Å². The minimum atomic E-state index is -1.91. The van der Waals surface area contributed by atoms with Crippen molar-refractivity contribution in [2.45, 2.75) is 51.5 Å². The average molecular weight is 517 g/mol. The predicted molar refractivity (Wildman–Crippen MR) is 134 cm³/mol. The van der Waals surface area contributed by atoms with E-state index < -0.39 is 23.2 Å².